The first-order valence-corrected chi connectivity index (χ1v) is 7.37. The molecule has 2 atom stereocenters. The van der Waals surface area contributed by atoms with Crippen molar-refractivity contribution in [1.82, 2.24) is 0 Å². The summed E-state index contributed by atoms with van der Waals surface area (Å²) in [6, 6.07) is 6.11. The van der Waals surface area contributed by atoms with Crippen molar-refractivity contribution in [1.29, 1.82) is 0 Å². The lowest BCUT2D eigenvalue weighted by atomic mass is 10.1. The average molecular weight is 286 g/mol. The minimum Gasteiger partial charge on any atom is -0.326 e. The smallest absolute Gasteiger partial charge is 0.271 e. The summed E-state index contributed by atoms with van der Waals surface area (Å²) in [5.41, 5.74) is 0.505. The molecule has 0 heterocycles. The zero-order chi connectivity index (χ0) is 14.8. The van der Waals surface area contributed by atoms with Gasteiger partial charge >= 0.3 is 0 Å². The molecule has 1 fully saturated rings. The van der Waals surface area contributed by atoms with E-state index in [1.54, 1.807) is 12.1 Å². The normalized spacial score (nSPS) is 28.7. The van der Waals surface area contributed by atoms with Crippen molar-refractivity contribution in [3.05, 3.63) is 46.5 Å². The Morgan fingerprint density at radius 3 is 2.48 bits per heavy atom. The van der Waals surface area contributed by atoms with Crippen LogP contribution in [0.15, 0.2) is 36.4 Å². The van der Waals surface area contributed by atoms with Crippen molar-refractivity contribution in [3.8, 4) is 0 Å². The number of hydrogen-bond acceptors (Lipinski definition) is 3. The van der Waals surface area contributed by atoms with Gasteiger partial charge in [0.2, 0.25) is 5.91 Å². The molecule has 5 nitrogen and oxygen atoms in total. The molecule has 0 unspecified atom stereocenters. The van der Waals surface area contributed by atoms with Crippen LogP contribution in [0.1, 0.15) is 25.7 Å². The molecule has 0 radical (unpaired) electrons. The summed E-state index contributed by atoms with van der Waals surface area (Å²) in [4.78, 5) is 22.6. The minimum absolute atomic E-state index is 0.00110. The summed E-state index contributed by atoms with van der Waals surface area (Å²) in [6.07, 6.45) is 8.61. The number of fused-ring (bicyclic) bond motifs is 1. The largest absolute Gasteiger partial charge is 0.326 e. The summed E-state index contributed by atoms with van der Waals surface area (Å²) in [6.45, 7) is 0. The zero-order valence-electron chi connectivity index (χ0n) is 11.7. The zero-order valence-corrected chi connectivity index (χ0v) is 11.7. The summed E-state index contributed by atoms with van der Waals surface area (Å²) in [5.74, 6) is 1.04. The van der Waals surface area contributed by atoms with Crippen LogP contribution in [0.3, 0.4) is 0 Å². The fourth-order valence-corrected chi connectivity index (χ4v) is 3.36. The fourth-order valence-electron chi connectivity index (χ4n) is 3.36. The Kier molecular flexibility index (Phi) is 3.73. The van der Waals surface area contributed by atoms with Crippen molar-refractivity contribution in [2.75, 3.05) is 5.32 Å². The van der Waals surface area contributed by atoms with Crippen LogP contribution in [-0.2, 0) is 4.79 Å². The summed E-state index contributed by atoms with van der Waals surface area (Å²) in [7, 11) is 0. The Labute approximate surface area is 123 Å². The van der Waals surface area contributed by atoms with Gasteiger partial charge < -0.3 is 5.32 Å². The van der Waals surface area contributed by atoms with Crippen LogP contribution in [0, 0.1) is 27.9 Å². The second-order valence-electron chi connectivity index (χ2n) is 5.78. The monoisotopic (exact) mass is 286 g/mol. The van der Waals surface area contributed by atoms with Crippen molar-refractivity contribution >= 4 is 17.3 Å². The second kappa shape index (κ2) is 5.68. The van der Waals surface area contributed by atoms with Crippen LogP contribution in [0.5, 0.6) is 0 Å². The van der Waals surface area contributed by atoms with E-state index >= 15 is 0 Å². The van der Waals surface area contributed by atoms with E-state index in [9.17, 15) is 14.9 Å². The summed E-state index contributed by atoms with van der Waals surface area (Å²) >= 11 is 0. The Bertz CT molecular complexity index is 581. The first kappa shape index (κ1) is 13.8. The van der Waals surface area contributed by atoms with Gasteiger partial charge in [0.15, 0.2) is 0 Å². The number of carbonyl (C=O) groups is 1. The van der Waals surface area contributed by atoms with Crippen molar-refractivity contribution in [2.24, 2.45) is 17.8 Å². The SMILES string of the molecule is O=C(Nc1cccc([N+](=O)[O-])c1)C1[C@H]2CC/C=C/CC[C@H]12. The van der Waals surface area contributed by atoms with Gasteiger partial charge in [0, 0.05) is 23.7 Å². The first-order chi connectivity index (χ1) is 10.2. The number of nitro benzene ring substituents is 1. The molecular formula is C16H18N2O3. The molecule has 0 bridgehead atoms. The third kappa shape index (κ3) is 2.96. The van der Waals surface area contributed by atoms with Crippen molar-refractivity contribution in [2.45, 2.75) is 25.7 Å². The van der Waals surface area contributed by atoms with Gasteiger partial charge in [-0.1, -0.05) is 18.2 Å². The Hall–Kier alpha value is -2.17. The Balaban J connectivity index is 1.65. The molecule has 2 aliphatic rings. The predicted molar refractivity (Wildman–Crippen MR) is 79.8 cm³/mol. The van der Waals surface area contributed by atoms with Gasteiger partial charge in [0.1, 0.15) is 0 Å². The molecule has 2 aliphatic carbocycles. The first-order valence-electron chi connectivity index (χ1n) is 7.37. The maximum absolute atomic E-state index is 12.3. The molecule has 1 aromatic rings. The number of non-ortho nitro benzene ring substituents is 1. The molecule has 0 aliphatic heterocycles. The molecular weight excluding hydrogens is 268 g/mol. The highest BCUT2D eigenvalue weighted by Crippen LogP contribution is 2.53. The van der Waals surface area contributed by atoms with Crippen LogP contribution in [0.25, 0.3) is 0 Å². The molecule has 3 rings (SSSR count). The van der Waals surface area contributed by atoms with Gasteiger partial charge in [0.05, 0.1) is 4.92 Å². The number of nitrogens with one attached hydrogen (secondary N) is 1. The van der Waals surface area contributed by atoms with Crippen molar-refractivity contribution in [3.63, 3.8) is 0 Å². The highest BCUT2D eigenvalue weighted by atomic mass is 16.6. The maximum atomic E-state index is 12.3. The number of nitrogens with zero attached hydrogens (tertiary/aromatic N) is 1. The molecule has 5 heteroatoms. The number of hydrogen-bond donors (Lipinski definition) is 1. The van der Waals surface area contributed by atoms with E-state index in [0.29, 0.717) is 17.5 Å². The van der Waals surface area contributed by atoms with Gasteiger partial charge in [-0.3, -0.25) is 14.9 Å². The van der Waals surface area contributed by atoms with Crippen LogP contribution in [0.2, 0.25) is 0 Å². The lowest BCUT2D eigenvalue weighted by molar-refractivity contribution is -0.384. The predicted octanol–water partition coefficient (Wildman–Crippen LogP) is 3.53. The number of rotatable bonds is 3. The Morgan fingerprint density at radius 1 is 1.19 bits per heavy atom. The van der Waals surface area contributed by atoms with E-state index in [1.807, 2.05) is 0 Å². The van der Waals surface area contributed by atoms with Crippen LogP contribution < -0.4 is 5.32 Å². The molecule has 1 saturated carbocycles. The summed E-state index contributed by atoms with van der Waals surface area (Å²) in [5, 5.41) is 13.6. The van der Waals surface area contributed by atoms with E-state index < -0.39 is 4.92 Å². The molecule has 1 amide bonds. The van der Waals surface area contributed by atoms with Gasteiger partial charge in [0.25, 0.3) is 5.69 Å². The van der Waals surface area contributed by atoms with E-state index in [-0.39, 0.29) is 17.5 Å². The minimum atomic E-state index is -0.452. The topological polar surface area (TPSA) is 72.2 Å². The Morgan fingerprint density at radius 2 is 1.86 bits per heavy atom. The fraction of sp³-hybridized carbons (Fsp3) is 0.438. The average Bonchev–Trinajstić information content (AvgIpc) is 3.10. The van der Waals surface area contributed by atoms with E-state index in [2.05, 4.69) is 17.5 Å². The van der Waals surface area contributed by atoms with Gasteiger partial charge in [-0.15, -0.1) is 0 Å². The van der Waals surface area contributed by atoms with Gasteiger partial charge in [-0.05, 0) is 43.6 Å². The standard InChI is InChI=1S/C16H18N2O3/c19-16(15-13-8-3-1-2-4-9-14(13)15)17-11-6-5-7-12(10-11)18(20)21/h1-2,5-7,10,13-15H,3-4,8-9H2,(H,17,19)/b2-1+/t13-,14-/m0/s1. The van der Waals surface area contributed by atoms with Crippen LogP contribution in [-0.4, -0.2) is 10.8 Å². The van der Waals surface area contributed by atoms with Gasteiger partial charge in [-0.25, -0.2) is 0 Å². The molecule has 0 saturated heterocycles. The van der Waals surface area contributed by atoms with E-state index in [4.69, 9.17) is 0 Å². The number of anilines is 1. The molecule has 0 aromatic heterocycles. The number of allylic oxidation sites excluding steroid dienone is 2. The quantitative estimate of drug-likeness (QED) is 0.525. The van der Waals surface area contributed by atoms with E-state index in [1.165, 1.54) is 12.1 Å². The lowest BCUT2D eigenvalue weighted by Crippen LogP contribution is -2.15. The molecule has 1 N–H and O–H groups in total. The lowest BCUT2D eigenvalue weighted by Gasteiger charge is -2.04. The third-order valence-electron chi connectivity index (χ3n) is 4.46. The van der Waals surface area contributed by atoms with Crippen LogP contribution in [0.4, 0.5) is 11.4 Å². The van der Waals surface area contributed by atoms with Crippen LogP contribution >= 0.6 is 0 Å². The van der Waals surface area contributed by atoms with Crippen molar-refractivity contribution < 1.29 is 9.72 Å². The number of amides is 1. The highest BCUT2D eigenvalue weighted by Gasteiger charge is 2.53. The molecule has 1 aromatic carbocycles. The van der Waals surface area contributed by atoms with E-state index in [0.717, 1.165) is 25.7 Å². The number of carbonyl (C=O) groups excluding carboxylic acids is 1. The van der Waals surface area contributed by atoms with Gasteiger partial charge in [-0.2, -0.15) is 0 Å². The number of nitro groups is 1. The third-order valence-corrected chi connectivity index (χ3v) is 4.46. The number of benzene rings is 1. The summed E-state index contributed by atoms with van der Waals surface area (Å²) < 4.78 is 0. The molecule has 21 heavy (non-hydrogen) atoms. The maximum Gasteiger partial charge on any atom is 0.271 e. The highest BCUT2D eigenvalue weighted by molar-refractivity contribution is 5.95. The second-order valence-corrected chi connectivity index (χ2v) is 5.78. The molecule has 110 valence electrons. The molecule has 0 spiro atoms.